The van der Waals surface area contributed by atoms with Crippen molar-refractivity contribution in [2.45, 2.75) is 26.2 Å². The first-order valence-electron chi connectivity index (χ1n) is 4.65. The first kappa shape index (κ1) is 14.2. The van der Waals surface area contributed by atoms with Crippen molar-refractivity contribution in [2.24, 2.45) is 5.11 Å². The summed E-state index contributed by atoms with van der Waals surface area (Å²) in [7, 11) is 0. The summed E-state index contributed by atoms with van der Waals surface area (Å²) < 4.78 is 0. The van der Waals surface area contributed by atoms with E-state index < -0.39 is 5.91 Å². The zero-order valence-electron chi connectivity index (χ0n) is 9.77. The lowest BCUT2D eigenvalue weighted by Crippen LogP contribution is -2.11. The van der Waals surface area contributed by atoms with Gasteiger partial charge in [-0.3, -0.25) is 4.79 Å². The number of azide groups is 1. The van der Waals surface area contributed by atoms with Gasteiger partial charge in [-0.05, 0) is 21.6 Å². The van der Waals surface area contributed by atoms with Crippen molar-refractivity contribution in [3.63, 3.8) is 0 Å². The Bertz CT molecular complexity index is 411. The second kappa shape index (κ2) is 5.30. The van der Waals surface area contributed by atoms with E-state index >= 15 is 0 Å². The van der Waals surface area contributed by atoms with Gasteiger partial charge < -0.3 is 6.15 Å². The maximum atomic E-state index is 11.2. The average molecular weight is 220 g/mol. The molecule has 1 aromatic rings. The van der Waals surface area contributed by atoms with E-state index in [0.29, 0.717) is 5.56 Å². The Morgan fingerprint density at radius 1 is 1.25 bits per heavy atom. The molecule has 0 radical (unpaired) electrons. The van der Waals surface area contributed by atoms with Gasteiger partial charge in [0.15, 0.2) is 0 Å². The lowest BCUT2D eigenvalue weighted by molar-refractivity contribution is 0.100. The molecular weight excluding hydrogens is 204 g/mol. The summed E-state index contributed by atoms with van der Waals surface area (Å²) in [4.78, 5) is 13.6. The van der Waals surface area contributed by atoms with Gasteiger partial charge in [-0.25, -0.2) is 0 Å². The van der Waals surface area contributed by atoms with Crippen molar-refractivity contribution in [1.82, 2.24) is 6.15 Å². The molecule has 0 aliphatic carbocycles. The fourth-order valence-corrected chi connectivity index (χ4v) is 1.21. The van der Waals surface area contributed by atoms with Crippen LogP contribution in [0.25, 0.3) is 10.4 Å². The largest absolute Gasteiger partial charge is 0.344 e. The van der Waals surface area contributed by atoms with Crippen molar-refractivity contribution in [3.8, 4) is 0 Å². The molecular formula is C11H16N4O. The van der Waals surface area contributed by atoms with Crippen LogP contribution >= 0.6 is 0 Å². The monoisotopic (exact) mass is 220 g/mol. The Kier molecular flexibility index (Phi) is 4.69. The number of benzene rings is 1. The van der Waals surface area contributed by atoms with Gasteiger partial charge in [0.1, 0.15) is 0 Å². The van der Waals surface area contributed by atoms with Crippen LogP contribution in [0.15, 0.2) is 29.4 Å². The van der Waals surface area contributed by atoms with Crippen LogP contribution < -0.4 is 6.15 Å². The van der Waals surface area contributed by atoms with E-state index in [4.69, 9.17) is 5.53 Å². The maximum Gasteiger partial charge on any atom is 0.249 e. The Balaban J connectivity index is 0.00000225. The molecule has 0 aliphatic rings. The van der Waals surface area contributed by atoms with E-state index in [9.17, 15) is 4.79 Å². The van der Waals surface area contributed by atoms with Gasteiger partial charge in [0, 0.05) is 10.5 Å². The normalized spacial score (nSPS) is 9.94. The fraction of sp³-hybridized carbons (Fsp3) is 0.364. The van der Waals surface area contributed by atoms with E-state index in [0.717, 1.165) is 5.56 Å². The van der Waals surface area contributed by atoms with Gasteiger partial charge in [0.25, 0.3) is 0 Å². The average Bonchev–Trinajstić information content (AvgIpc) is 2.17. The predicted octanol–water partition coefficient (Wildman–Crippen LogP) is 3.60. The van der Waals surface area contributed by atoms with Crippen molar-refractivity contribution in [1.29, 1.82) is 0 Å². The Hall–Kier alpha value is -1.84. The van der Waals surface area contributed by atoms with Crippen LogP contribution in [0.3, 0.4) is 0 Å². The summed E-state index contributed by atoms with van der Waals surface area (Å²) in [6, 6.07) is 7.11. The number of nitrogens with zero attached hydrogens (tertiary/aromatic N) is 3. The minimum atomic E-state index is -0.544. The topological polar surface area (TPSA) is 101 Å². The van der Waals surface area contributed by atoms with E-state index in [1.54, 1.807) is 12.1 Å². The van der Waals surface area contributed by atoms with Crippen LogP contribution in [0.2, 0.25) is 0 Å². The van der Waals surface area contributed by atoms with Gasteiger partial charge >= 0.3 is 0 Å². The van der Waals surface area contributed by atoms with Crippen molar-refractivity contribution in [3.05, 3.63) is 45.8 Å². The molecule has 0 unspecified atom stereocenters. The number of rotatable bonds is 1. The molecule has 0 aliphatic heterocycles. The van der Waals surface area contributed by atoms with Crippen LogP contribution in [-0.2, 0) is 5.41 Å². The molecule has 3 N–H and O–H groups in total. The smallest absolute Gasteiger partial charge is 0.249 e. The summed E-state index contributed by atoms with van der Waals surface area (Å²) >= 11 is 0. The highest BCUT2D eigenvalue weighted by Gasteiger charge is 2.13. The van der Waals surface area contributed by atoms with Gasteiger partial charge in [-0.2, -0.15) is 0 Å². The zero-order valence-corrected chi connectivity index (χ0v) is 9.77. The molecule has 5 nitrogen and oxygen atoms in total. The van der Waals surface area contributed by atoms with Gasteiger partial charge in [0.05, 0.1) is 0 Å². The summed E-state index contributed by atoms with van der Waals surface area (Å²) in [5.41, 5.74) is 9.73. The lowest BCUT2D eigenvalue weighted by Gasteiger charge is -2.18. The van der Waals surface area contributed by atoms with Gasteiger partial charge in [-0.1, -0.05) is 45.0 Å². The van der Waals surface area contributed by atoms with Crippen molar-refractivity contribution >= 4 is 5.91 Å². The molecule has 0 atom stereocenters. The highest BCUT2D eigenvalue weighted by molar-refractivity contribution is 5.94. The Morgan fingerprint density at radius 3 is 2.12 bits per heavy atom. The second-order valence-electron chi connectivity index (χ2n) is 4.32. The number of amides is 1. The molecule has 0 heterocycles. The third kappa shape index (κ3) is 3.38. The quantitative estimate of drug-likeness (QED) is 0.444. The van der Waals surface area contributed by atoms with E-state index in [-0.39, 0.29) is 11.6 Å². The molecule has 0 saturated carbocycles. The first-order valence-corrected chi connectivity index (χ1v) is 4.65. The summed E-state index contributed by atoms with van der Waals surface area (Å²) in [5.74, 6) is -0.544. The number of hydrogen-bond acceptors (Lipinski definition) is 2. The van der Waals surface area contributed by atoms with E-state index in [1.807, 2.05) is 12.1 Å². The van der Waals surface area contributed by atoms with E-state index in [2.05, 4.69) is 30.8 Å². The third-order valence-corrected chi connectivity index (χ3v) is 2.13. The van der Waals surface area contributed by atoms with Crippen LogP contribution in [-0.4, -0.2) is 5.91 Å². The van der Waals surface area contributed by atoms with Crippen LogP contribution in [0.4, 0.5) is 0 Å². The van der Waals surface area contributed by atoms with Crippen LogP contribution in [0.1, 0.15) is 36.7 Å². The zero-order chi connectivity index (χ0) is 11.5. The first-order chi connectivity index (χ1) is 6.95. The van der Waals surface area contributed by atoms with Gasteiger partial charge in [0.2, 0.25) is 5.91 Å². The minimum absolute atomic E-state index is 0. The fourth-order valence-electron chi connectivity index (χ4n) is 1.21. The van der Waals surface area contributed by atoms with Crippen molar-refractivity contribution < 1.29 is 4.79 Å². The predicted molar refractivity (Wildman–Crippen MR) is 63.6 cm³/mol. The Morgan fingerprint density at radius 2 is 1.75 bits per heavy atom. The molecule has 1 aromatic carbocycles. The van der Waals surface area contributed by atoms with Gasteiger partial charge in [-0.15, -0.1) is 0 Å². The standard InChI is InChI=1S/C11H13N3O.H3N/c1-11(2,3)9-6-4-8(5-7-9)10(15)13-14-12;/h4-7H,1-3H3;1H3. The summed E-state index contributed by atoms with van der Waals surface area (Å²) in [5, 5.41) is 3.03. The maximum absolute atomic E-state index is 11.2. The number of hydrogen-bond donors (Lipinski definition) is 1. The van der Waals surface area contributed by atoms with Crippen molar-refractivity contribution in [2.75, 3.05) is 0 Å². The van der Waals surface area contributed by atoms with Crippen LogP contribution in [0, 0.1) is 0 Å². The molecule has 0 bridgehead atoms. The molecule has 86 valence electrons. The molecule has 0 saturated heterocycles. The number of carbonyl (C=O) groups excluding carboxylic acids is 1. The Labute approximate surface area is 94.7 Å². The molecule has 1 rings (SSSR count). The van der Waals surface area contributed by atoms with E-state index in [1.165, 1.54) is 0 Å². The van der Waals surface area contributed by atoms with Crippen LogP contribution in [0.5, 0.6) is 0 Å². The third-order valence-electron chi connectivity index (χ3n) is 2.13. The highest BCUT2D eigenvalue weighted by Crippen LogP contribution is 2.22. The molecule has 1 amide bonds. The summed E-state index contributed by atoms with van der Waals surface area (Å²) in [6.07, 6.45) is 0. The molecule has 16 heavy (non-hydrogen) atoms. The molecule has 0 spiro atoms. The second-order valence-corrected chi connectivity index (χ2v) is 4.32. The number of carbonyl (C=O) groups is 1. The molecule has 0 fully saturated rings. The molecule has 5 heteroatoms. The molecule has 0 aromatic heterocycles. The highest BCUT2D eigenvalue weighted by atomic mass is 16.1. The lowest BCUT2D eigenvalue weighted by atomic mass is 9.87. The SMILES string of the molecule is CC(C)(C)c1ccc(C(=O)N=[N+]=[N-])cc1.N. The minimum Gasteiger partial charge on any atom is -0.344 e. The summed E-state index contributed by atoms with van der Waals surface area (Å²) in [6.45, 7) is 6.28.